The van der Waals surface area contributed by atoms with Gasteiger partial charge in [-0.15, -0.1) is 0 Å². The van der Waals surface area contributed by atoms with Crippen LogP contribution in [0.1, 0.15) is 30.4 Å². The van der Waals surface area contributed by atoms with E-state index in [1.807, 2.05) is 6.07 Å². The largest absolute Gasteiger partial charge is 0.300 e. The SMILES string of the molecule is Fc1cccc2c1CN(CC1C3CC1CN(C1CC1)C3)CC2. The maximum Gasteiger partial charge on any atom is 0.127 e. The normalized spacial score (nSPS) is 35.0. The van der Waals surface area contributed by atoms with Crippen molar-refractivity contribution in [3.05, 3.63) is 35.1 Å². The van der Waals surface area contributed by atoms with Crippen LogP contribution >= 0.6 is 0 Å². The molecule has 0 N–H and O–H groups in total. The third kappa shape index (κ3) is 2.21. The highest BCUT2D eigenvalue weighted by Crippen LogP contribution is 2.48. The number of benzene rings is 1. The summed E-state index contributed by atoms with van der Waals surface area (Å²) in [6.07, 6.45) is 5.34. The van der Waals surface area contributed by atoms with Crippen molar-refractivity contribution in [3.8, 4) is 0 Å². The predicted molar refractivity (Wildman–Crippen MR) is 85.1 cm³/mol. The van der Waals surface area contributed by atoms with Crippen molar-refractivity contribution in [2.75, 3.05) is 26.2 Å². The fourth-order valence-corrected chi connectivity index (χ4v) is 5.11. The zero-order chi connectivity index (χ0) is 14.7. The van der Waals surface area contributed by atoms with Crippen LogP contribution in [0.3, 0.4) is 0 Å². The molecule has 0 radical (unpaired) electrons. The molecular weight excluding hydrogens is 275 g/mol. The summed E-state index contributed by atoms with van der Waals surface area (Å²) in [6.45, 7) is 5.81. The number of rotatable bonds is 3. The second-order valence-electron chi connectivity index (χ2n) is 7.97. The van der Waals surface area contributed by atoms with E-state index in [0.717, 1.165) is 48.9 Å². The van der Waals surface area contributed by atoms with E-state index in [1.54, 1.807) is 6.07 Å². The zero-order valence-corrected chi connectivity index (χ0v) is 13.2. The Kier molecular flexibility index (Phi) is 3.09. The van der Waals surface area contributed by atoms with Gasteiger partial charge >= 0.3 is 0 Å². The van der Waals surface area contributed by atoms with Gasteiger partial charge in [0.05, 0.1) is 0 Å². The molecule has 0 spiro atoms. The quantitative estimate of drug-likeness (QED) is 0.847. The van der Waals surface area contributed by atoms with E-state index in [2.05, 4.69) is 15.9 Å². The smallest absolute Gasteiger partial charge is 0.127 e. The Balaban J connectivity index is 1.24. The van der Waals surface area contributed by atoms with Crippen molar-refractivity contribution in [1.82, 2.24) is 9.80 Å². The van der Waals surface area contributed by atoms with Crippen molar-refractivity contribution >= 4 is 0 Å². The Morgan fingerprint density at radius 1 is 1.14 bits per heavy atom. The molecule has 2 atom stereocenters. The highest BCUT2D eigenvalue weighted by Gasteiger charge is 2.49. The third-order valence-corrected chi connectivity index (χ3v) is 6.58. The topological polar surface area (TPSA) is 6.48 Å². The number of piperidine rings is 2. The Hall–Kier alpha value is -0.930. The van der Waals surface area contributed by atoms with Gasteiger partial charge in [0.2, 0.25) is 0 Å². The van der Waals surface area contributed by atoms with Gasteiger partial charge in [-0.1, -0.05) is 12.1 Å². The fourth-order valence-electron chi connectivity index (χ4n) is 5.11. The van der Waals surface area contributed by atoms with Crippen LogP contribution in [0.5, 0.6) is 0 Å². The number of fused-ring (bicyclic) bond motifs is 3. The summed E-state index contributed by atoms with van der Waals surface area (Å²) in [4.78, 5) is 5.27. The van der Waals surface area contributed by atoms with Crippen LogP contribution in [0.25, 0.3) is 0 Å². The molecule has 0 amide bonds. The predicted octanol–water partition coefficient (Wildman–Crippen LogP) is 2.91. The van der Waals surface area contributed by atoms with Gasteiger partial charge in [0, 0.05) is 44.3 Å². The molecule has 3 heteroatoms. The van der Waals surface area contributed by atoms with Gasteiger partial charge < -0.3 is 0 Å². The molecule has 3 heterocycles. The molecule has 4 fully saturated rings. The molecule has 2 nitrogen and oxygen atoms in total. The van der Waals surface area contributed by atoms with Gasteiger partial charge in [-0.3, -0.25) is 9.80 Å². The summed E-state index contributed by atoms with van der Waals surface area (Å²) in [5.74, 6) is 2.71. The van der Waals surface area contributed by atoms with Gasteiger partial charge in [0.25, 0.3) is 0 Å². The van der Waals surface area contributed by atoms with Crippen LogP contribution in [0, 0.1) is 23.6 Å². The van der Waals surface area contributed by atoms with Crippen molar-refractivity contribution in [2.24, 2.45) is 17.8 Å². The Bertz CT molecular complexity index is 571. The molecular formula is C19H25FN2. The van der Waals surface area contributed by atoms with Crippen molar-refractivity contribution < 1.29 is 4.39 Å². The first-order valence-corrected chi connectivity index (χ1v) is 9.00. The van der Waals surface area contributed by atoms with Gasteiger partial charge in [0.15, 0.2) is 0 Å². The van der Waals surface area contributed by atoms with E-state index >= 15 is 0 Å². The van der Waals surface area contributed by atoms with Gasteiger partial charge in [-0.25, -0.2) is 4.39 Å². The fraction of sp³-hybridized carbons (Fsp3) is 0.684. The Labute approximate surface area is 132 Å². The lowest BCUT2D eigenvalue weighted by molar-refractivity contribution is -0.0625. The second-order valence-corrected chi connectivity index (χ2v) is 7.97. The molecule has 0 aromatic heterocycles. The Morgan fingerprint density at radius 3 is 2.73 bits per heavy atom. The molecule has 22 heavy (non-hydrogen) atoms. The van der Waals surface area contributed by atoms with Crippen LogP contribution in [0.4, 0.5) is 4.39 Å². The maximum atomic E-state index is 14.0. The standard InChI is InChI=1S/C19H25FN2/c20-19-3-1-2-13-6-7-21(12-18(13)19)11-17-14-8-15(17)10-22(9-14)16-4-5-16/h1-3,14-17H,4-12H2. The lowest BCUT2D eigenvalue weighted by Crippen LogP contribution is -2.58. The second kappa shape index (κ2) is 5.04. The van der Waals surface area contributed by atoms with E-state index in [1.165, 1.54) is 44.5 Å². The van der Waals surface area contributed by atoms with Crippen LogP contribution in [0.15, 0.2) is 18.2 Å². The zero-order valence-electron chi connectivity index (χ0n) is 13.2. The van der Waals surface area contributed by atoms with Crippen molar-refractivity contribution in [3.63, 3.8) is 0 Å². The maximum absolute atomic E-state index is 14.0. The number of halogens is 1. The molecule has 2 bridgehead atoms. The summed E-state index contributed by atoms with van der Waals surface area (Å²) < 4.78 is 14.0. The molecule has 5 aliphatic rings. The first-order chi connectivity index (χ1) is 10.8. The summed E-state index contributed by atoms with van der Waals surface area (Å²) in [5, 5.41) is 0. The van der Waals surface area contributed by atoms with E-state index < -0.39 is 0 Å². The van der Waals surface area contributed by atoms with Crippen molar-refractivity contribution in [1.29, 1.82) is 0 Å². The first-order valence-electron chi connectivity index (χ1n) is 9.00. The average molecular weight is 300 g/mol. The third-order valence-electron chi connectivity index (χ3n) is 6.58. The molecule has 2 saturated carbocycles. The van der Waals surface area contributed by atoms with Crippen molar-refractivity contribution in [2.45, 2.75) is 38.3 Å². The van der Waals surface area contributed by atoms with Crippen LogP contribution in [0.2, 0.25) is 0 Å². The number of hydrogen-bond acceptors (Lipinski definition) is 2. The molecule has 3 aliphatic heterocycles. The van der Waals surface area contributed by atoms with E-state index in [4.69, 9.17) is 0 Å². The molecule has 2 aliphatic carbocycles. The average Bonchev–Trinajstić information content (AvgIpc) is 3.38. The molecule has 1 aromatic carbocycles. The summed E-state index contributed by atoms with van der Waals surface area (Å²) >= 11 is 0. The van der Waals surface area contributed by atoms with Crippen LogP contribution in [-0.4, -0.2) is 42.0 Å². The highest BCUT2D eigenvalue weighted by atomic mass is 19.1. The lowest BCUT2D eigenvalue weighted by atomic mass is 9.61. The molecule has 118 valence electrons. The summed E-state index contributed by atoms with van der Waals surface area (Å²) in [6, 6.07) is 6.50. The van der Waals surface area contributed by atoms with Gasteiger partial charge in [-0.05, 0) is 55.1 Å². The van der Waals surface area contributed by atoms with E-state index in [-0.39, 0.29) is 5.82 Å². The minimum atomic E-state index is -0.00379. The number of hydrogen-bond donors (Lipinski definition) is 0. The number of nitrogens with zero attached hydrogens (tertiary/aromatic N) is 2. The van der Waals surface area contributed by atoms with Gasteiger partial charge in [-0.2, -0.15) is 0 Å². The minimum absolute atomic E-state index is 0.00379. The first kappa shape index (κ1) is 13.5. The molecule has 1 aromatic rings. The molecule has 2 unspecified atom stereocenters. The Morgan fingerprint density at radius 2 is 1.95 bits per heavy atom. The molecule has 6 rings (SSSR count). The van der Waals surface area contributed by atoms with Crippen LogP contribution in [-0.2, 0) is 13.0 Å². The lowest BCUT2D eigenvalue weighted by Gasteiger charge is -2.55. The van der Waals surface area contributed by atoms with Gasteiger partial charge in [0.1, 0.15) is 5.82 Å². The van der Waals surface area contributed by atoms with E-state index in [9.17, 15) is 4.39 Å². The monoisotopic (exact) mass is 300 g/mol. The minimum Gasteiger partial charge on any atom is -0.300 e. The molecule has 2 saturated heterocycles. The summed E-state index contributed by atoms with van der Waals surface area (Å²) in [7, 11) is 0. The summed E-state index contributed by atoms with van der Waals surface area (Å²) in [5.41, 5.74) is 2.18. The highest BCUT2D eigenvalue weighted by molar-refractivity contribution is 5.30. The van der Waals surface area contributed by atoms with Crippen LogP contribution < -0.4 is 0 Å². The van der Waals surface area contributed by atoms with E-state index in [0.29, 0.717) is 0 Å².